The highest BCUT2D eigenvalue weighted by Gasteiger charge is 2.40. The van der Waals surface area contributed by atoms with Crippen LogP contribution in [0.5, 0.6) is 5.75 Å². The molecule has 4 nitrogen and oxygen atoms in total. The Labute approximate surface area is 120 Å². The second-order valence-corrected chi connectivity index (χ2v) is 6.56. The zero-order valence-electron chi connectivity index (χ0n) is 12.4. The van der Waals surface area contributed by atoms with Gasteiger partial charge in [0.15, 0.2) is 0 Å². The monoisotopic (exact) mass is 279 g/mol. The van der Waals surface area contributed by atoms with E-state index in [2.05, 4.69) is 0 Å². The highest BCUT2D eigenvalue weighted by molar-refractivity contribution is 5.30. The van der Waals surface area contributed by atoms with Crippen LogP contribution in [0.1, 0.15) is 43.6 Å². The molecule has 2 N–H and O–H groups in total. The lowest BCUT2D eigenvalue weighted by atomic mass is 9.72. The molecule has 0 amide bonds. The van der Waals surface area contributed by atoms with Gasteiger partial charge in [-0.2, -0.15) is 0 Å². The molecular weight excluding hydrogens is 254 g/mol. The van der Waals surface area contributed by atoms with Crippen LogP contribution in [0.2, 0.25) is 0 Å². The number of hydrogen-bond donors (Lipinski definition) is 2. The molecule has 1 aliphatic carbocycles. The third-order valence-corrected chi connectivity index (χ3v) is 4.29. The average molecular weight is 279 g/mol. The molecular formula is C16H25NO3. The topological polar surface area (TPSA) is 63.5 Å². The molecule has 0 spiro atoms. The molecule has 4 heteroatoms. The first-order valence-electron chi connectivity index (χ1n) is 7.35. The van der Waals surface area contributed by atoms with E-state index in [1.54, 1.807) is 26.2 Å². The van der Waals surface area contributed by atoms with E-state index in [0.29, 0.717) is 6.54 Å². The lowest BCUT2D eigenvalue weighted by Gasteiger charge is -2.45. The van der Waals surface area contributed by atoms with E-state index in [9.17, 15) is 15.4 Å². The number of hydroxylamine groups is 3. The summed E-state index contributed by atoms with van der Waals surface area (Å²) in [6, 6.07) is 6.89. The number of quaternary nitrogens is 1. The van der Waals surface area contributed by atoms with Gasteiger partial charge in [0.25, 0.3) is 0 Å². The van der Waals surface area contributed by atoms with E-state index in [1.807, 2.05) is 12.1 Å². The van der Waals surface area contributed by atoms with Crippen molar-refractivity contribution in [2.75, 3.05) is 20.6 Å². The first-order valence-corrected chi connectivity index (χ1v) is 7.35. The van der Waals surface area contributed by atoms with Crippen molar-refractivity contribution < 1.29 is 14.9 Å². The molecule has 2 rings (SSSR count). The van der Waals surface area contributed by atoms with Crippen molar-refractivity contribution in [1.82, 2.24) is 0 Å². The van der Waals surface area contributed by atoms with E-state index >= 15 is 0 Å². The molecule has 0 saturated heterocycles. The summed E-state index contributed by atoms with van der Waals surface area (Å²) >= 11 is 0. The molecule has 0 heterocycles. The average Bonchev–Trinajstić information content (AvgIpc) is 2.37. The predicted octanol–water partition coefficient (Wildman–Crippen LogP) is 2.75. The second kappa shape index (κ2) is 5.72. The summed E-state index contributed by atoms with van der Waals surface area (Å²) in [4.78, 5) is 0. The van der Waals surface area contributed by atoms with Gasteiger partial charge in [-0.15, -0.1) is 0 Å². The molecule has 1 atom stereocenters. The number of hydrogen-bond acceptors (Lipinski definition) is 3. The fourth-order valence-corrected chi connectivity index (χ4v) is 3.24. The highest BCUT2D eigenvalue weighted by atomic mass is 16.5. The van der Waals surface area contributed by atoms with Crippen molar-refractivity contribution in [2.24, 2.45) is 0 Å². The van der Waals surface area contributed by atoms with Gasteiger partial charge in [-0.25, -0.2) is 0 Å². The lowest BCUT2D eigenvalue weighted by molar-refractivity contribution is -0.842. The number of aliphatic hydroxyl groups is 1. The summed E-state index contributed by atoms with van der Waals surface area (Å²) in [6.45, 7) is 0.348. The Morgan fingerprint density at radius 3 is 2.20 bits per heavy atom. The molecule has 0 radical (unpaired) electrons. The van der Waals surface area contributed by atoms with Gasteiger partial charge in [-0.1, -0.05) is 31.4 Å². The summed E-state index contributed by atoms with van der Waals surface area (Å²) in [5, 5.41) is 32.5. The molecule has 1 aliphatic rings. The fraction of sp³-hybridized carbons (Fsp3) is 0.625. The molecule has 1 saturated carbocycles. The third kappa shape index (κ3) is 3.72. The Hall–Kier alpha value is -1.10. The molecule has 1 aromatic rings. The van der Waals surface area contributed by atoms with Gasteiger partial charge in [-0.3, -0.25) is 0 Å². The van der Waals surface area contributed by atoms with E-state index < -0.39 is 10.2 Å². The minimum atomic E-state index is -0.796. The zero-order valence-corrected chi connectivity index (χ0v) is 12.4. The number of phenolic OH excluding ortho intramolecular Hbond substituents is 1. The summed E-state index contributed by atoms with van der Waals surface area (Å²) in [7, 11) is 3.22. The Kier molecular flexibility index (Phi) is 4.37. The first kappa shape index (κ1) is 15.3. The van der Waals surface area contributed by atoms with Crippen LogP contribution in [0.25, 0.3) is 0 Å². The largest absolute Gasteiger partial charge is 0.633 e. The van der Waals surface area contributed by atoms with Gasteiger partial charge in [-0.05, 0) is 30.5 Å². The van der Waals surface area contributed by atoms with Crippen molar-refractivity contribution in [3.63, 3.8) is 0 Å². The summed E-state index contributed by atoms with van der Waals surface area (Å²) in [5.74, 6) is 0.0231. The van der Waals surface area contributed by atoms with Crippen molar-refractivity contribution in [2.45, 2.75) is 43.6 Å². The number of rotatable bonds is 4. The summed E-state index contributed by atoms with van der Waals surface area (Å²) < 4.78 is -0.423. The van der Waals surface area contributed by atoms with Crippen molar-refractivity contribution in [3.8, 4) is 5.75 Å². The number of nitrogens with zero attached hydrogens (tertiary/aromatic N) is 1. The maximum absolute atomic E-state index is 12.1. The number of benzene rings is 1. The number of aromatic hydroxyl groups is 1. The van der Waals surface area contributed by atoms with Crippen LogP contribution in [0.4, 0.5) is 0 Å². The molecule has 112 valence electrons. The Morgan fingerprint density at radius 2 is 1.70 bits per heavy atom. The third-order valence-electron chi connectivity index (χ3n) is 4.29. The maximum Gasteiger partial charge on any atom is 0.115 e. The quantitative estimate of drug-likeness (QED) is 0.658. The summed E-state index contributed by atoms with van der Waals surface area (Å²) in [5.41, 5.74) is 0.143. The highest BCUT2D eigenvalue weighted by Crippen LogP contribution is 2.41. The summed E-state index contributed by atoms with van der Waals surface area (Å²) in [6.07, 6.45) is 4.67. The van der Waals surface area contributed by atoms with Gasteiger partial charge >= 0.3 is 0 Å². The maximum atomic E-state index is 12.1. The van der Waals surface area contributed by atoms with Crippen molar-refractivity contribution in [3.05, 3.63) is 35.0 Å². The zero-order chi connectivity index (χ0) is 14.8. The second-order valence-electron chi connectivity index (χ2n) is 6.56. The van der Waals surface area contributed by atoms with Crippen molar-refractivity contribution >= 4 is 0 Å². The van der Waals surface area contributed by atoms with E-state index in [-0.39, 0.29) is 11.7 Å². The Morgan fingerprint density at radius 1 is 1.15 bits per heavy atom. The van der Waals surface area contributed by atoms with Gasteiger partial charge in [0.2, 0.25) is 0 Å². The molecule has 0 bridgehead atoms. The van der Waals surface area contributed by atoms with Crippen LogP contribution < -0.4 is 0 Å². The molecule has 1 aromatic carbocycles. The smallest absolute Gasteiger partial charge is 0.115 e. The van der Waals surface area contributed by atoms with Crippen LogP contribution in [-0.4, -0.2) is 41.1 Å². The van der Waals surface area contributed by atoms with Crippen LogP contribution in [0.15, 0.2) is 24.3 Å². The van der Waals surface area contributed by atoms with E-state index in [1.165, 1.54) is 0 Å². The molecule has 0 unspecified atom stereocenters. The molecule has 20 heavy (non-hydrogen) atoms. The predicted molar refractivity (Wildman–Crippen MR) is 79.2 cm³/mol. The van der Waals surface area contributed by atoms with Gasteiger partial charge in [0, 0.05) is 0 Å². The van der Waals surface area contributed by atoms with Crippen LogP contribution in [0.3, 0.4) is 0 Å². The minimum absolute atomic E-state index is 0.184. The van der Waals surface area contributed by atoms with E-state index in [4.69, 9.17) is 0 Å². The van der Waals surface area contributed by atoms with Crippen LogP contribution in [-0.2, 0) is 0 Å². The molecule has 0 aromatic heterocycles. The van der Waals surface area contributed by atoms with E-state index in [0.717, 1.165) is 37.7 Å². The minimum Gasteiger partial charge on any atom is -0.633 e. The Bertz CT molecular complexity index is 430. The number of likely N-dealkylation sites (N-methyl/N-ethyl adjacent to an activating group) is 1. The van der Waals surface area contributed by atoms with Gasteiger partial charge in [0.1, 0.15) is 5.75 Å². The van der Waals surface area contributed by atoms with Gasteiger partial charge in [0.05, 0.1) is 32.2 Å². The lowest BCUT2D eigenvalue weighted by Crippen LogP contribution is -2.47. The normalized spacial score (nSPS) is 20.6. The van der Waals surface area contributed by atoms with Crippen LogP contribution >= 0.6 is 0 Å². The molecule has 1 fully saturated rings. The standard InChI is InChI=1S/C16H25NO3/c1-17(2,20)12-15(13-6-8-14(18)9-7-13)16(19)10-4-3-5-11-16/h6-9,15,18-19H,3-5,10-12H2,1-2H3/t15-/m0/s1. The molecule has 0 aliphatic heterocycles. The first-order chi connectivity index (χ1) is 9.30. The number of phenols is 1. The van der Waals surface area contributed by atoms with Crippen molar-refractivity contribution in [1.29, 1.82) is 0 Å². The fourth-order valence-electron chi connectivity index (χ4n) is 3.24. The van der Waals surface area contributed by atoms with Gasteiger partial charge < -0.3 is 20.1 Å². The Balaban J connectivity index is 2.31. The SMILES string of the molecule is C[N+](C)([O-])C[C@@H](c1ccc(O)cc1)C1(O)CCCCC1. The van der Waals surface area contributed by atoms with Crippen LogP contribution in [0, 0.1) is 5.21 Å².